The smallest absolute Gasteiger partial charge is 0.0648 e. The Balaban J connectivity index is 2.68. The van der Waals surface area contributed by atoms with E-state index >= 15 is 0 Å². The first-order valence-electron chi connectivity index (χ1n) is 7.90. The average molecular weight is 285 g/mol. The fourth-order valence-electron chi connectivity index (χ4n) is 4.46. The molecular formula is C19H28Si. The molecule has 0 N–H and O–H groups in total. The monoisotopic (exact) mass is 284 g/mol. The second kappa shape index (κ2) is 5.73. The molecule has 0 saturated carbocycles. The Morgan fingerprint density at radius 3 is 1.65 bits per heavy atom. The predicted octanol–water partition coefficient (Wildman–Crippen LogP) is 5.73. The topological polar surface area (TPSA) is 0 Å². The molecule has 0 aliphatic heterocycles. The summed E-state index contributed by atoms with van der Waals surface area (Å²) in [7, 11) is -1.52. The van der Waals surface area contributed by atoms with Gasteiger partial charge in [-0.2, -0.15) is 0 Å². The van der Waals surface area contributed by atoms with Crippen LogP contribution in [0.4, 0.5) is 0 Å². The van der Waals surface area contributed by atoms with Crippen molar-refractivity contribution in [3.63, 3.8) is 0 Å². The second-order valence-electron chi connectivity index (χ2n) is 6.96. The third-order valence-corrected chi connectivity index (χ3v) is 12.2. The lowest BCUT2D eigenvalue weighted by Crippen LogP contribution is -2.55. The van der Waals surface area contributed by atoms with Crippen molar-refractivity contribution in [2.75, 3.05) is 0 Å². The molecule has 0 nitrogen and oxygen atoms in total. The number of hydrogen-bond acceptors (Lipinski definition) is 0. The highest BCUT2D eigenvalue weighted by molar-refractivity contribution is 6.95. The maximum Gasteiger partial charge on any atom is 0.0942 e. The van der Waals surface area contributed by atoms with E-state index in [4.69, 9.17) is 0 Å². The molecular weight excluding hydrogens is 256 g/mol. The summed E-state index contributed by atoms with van der Waals surface area (Å²) in [6, 6.07) is 15.9. The van der Waals surface area contributed by atoms with Crippen LogP contribution < -0.4 is 5.19 Å². The Hall–Kier alpha value is -1.08. The first kappa shape index (κ1) is 15.3. The van der Waals surface area contributed by atoms with E-state index < -0.39 is 8.07 Å². The first-order chi connectivity index (χ1) is 9.40. The molecule has 1 heteroatoms. The van der Waals surface area contributed by atoms with E-state index in [1.807, 2.05) is 0 Å². The molecule has 0 radical (unpaired) electrons. The van der Waals surface area contributed by atoms with Crippen LogP contribution in [0, 0.1) is 0 Å². The highest BCUT2D eigenvalue weighted by Crippen LogP contribution is 2.41. The minimum atomic E-state index is -1.52. The number of rotatable bonds is 4. The molecule has 0 aliphatic carbocycles. The van der Waals surface area contributed by atoms with Gasteiger partial charge in [0.1, 0.15) is 0 Å². The Kier molecular flexibility index (Phi) is 4.39. The molecule has 0 bridgehead atoms. The van der Waals surface area contributed by atoms with Crippen molar-refractivity contribution in [2.24, 2.45) is 0 Å². The fourth-order valence-corrected chi connectivity index (χ4v) is 11.2. The zero-order chi connectivity index (χ0) is 14.9. The van der Waals surface area contributed by atoms with Crippen LogP contribution in [-0.2, 0) is 0 Å². The molecule has 0 aromatic heterocycles. The summed E-state index contributed by atoms with van der Waals surface area (Å²) in [6.07, 6.45) is 0. The summed E-state index contributed by atoms with van der Waals surface area (Å²) in [5.74, 6) is 0. The number of hydrogen-bond donors (Lipinski definition) is 0. The quantitative estimate of drug-likeness (QED) is 0.629. The van der Waals surface area contributed by atoms with Gasteiger partial charge in [-0.1, -0.05) is 89.2 Å². The molecule has 0 amide bonds. The van der Waals surface area contributed by atoms with Crippen LogP contribution in [0.5, 0.6) is 0 Å². The number of benzene rings is 2. The Morgan fingerprint density at radius 2 is 1.15 bits per heavy atom. The molecule has 0 spiro atoms. The predicted molar refractivity (Wildman–Crippen MR) is 94.6 cm³/mol. The van der Waals surface area contributed by atoms with Crippen molar-refractivity contribution in [2.45, 2.75) is 58.2 Å². The van der Waals surface area contributed by atoms with Crippen molar-refractivity contribution >= 4 is 24.0 Å². The molecule has 0 heterocycles. The van der Waals surface area contributed by atoms with Crippen LogP contribution in [0.1, 0.15) is 41.5 Å². The summed E-state index contributed by atoms with van der Waals surface area (Å²) in [6.45, 7) is 14.6. The van der Waals surface area contributed by atoms with Crippen molar-refractivity contribution in [3.8, 4) is 0 Å². The molecule has 0 saturated heterocycles. The molecule has 0 fully saturated rings. The third kappa shape index (κ3) is 2.33. The molecule has 20 heavy (non-hydrogen) atoms. The van der Waals surface area contributed by atoms with Crippen LogP contribution in [-0.4, -0.2) is 8.07 Å². The van der Waals surface area contributed by atoms with Gasteiger partial charge in [-0.15, -0.1) is 0 Å². The van der Waals surface area contributed by atoms with Gasteiger partial charge in [0.2, 0.25) is 0 Å². The van der Waals surface area contributed by atoms with Crippen molar-refractivity contribution < 1.29 is 0 Å². The highest BCUT2D eigenvalue weighted by atomic mass is 28.3. The Labute approximate surface area is 125 Å². The van der Waals surface area contributed by atoms with Crippen molar-refractivity contribution in [1.29, 1.82) is 0 Å². The summed E-state index contributed by atoms with van der Waals surface area (Å²) in [5, 5.41) is 4.38. The normalized spacial score (nSPS) is 12.8. The molecule has 0 atom stereocenters. The summed E-state index contributed by atoms with van der Waals surface area (Å²) in [5.41, 5.74) is 2.30. The third-order valence-electron chi connectivity index (χ3n) is 5.12. The van der Waals surface area contributed by atoms with Gasteiger partial charge < -0.3 is 0 Å². The second-order valence-corrected chi connectivity index (χ2v) is 12.9. The molecule has 2 aromatic rings. The van der Waals surface area contributed by atoms with Gasteiger partial charge in [0.05, 0.1) is 8.07 Å². The molecule has 108 valence electrons. The van der Waals surface area contributed by atoms with Crippen LogP contribution in [0.2, 0.25) is 16.6 Å². The fraction of sp³-hybridized carbons (Fsp3) is 0.474. The highest BCUT2D eigenvalue weighted by Gasteiger charge is 2.44. The average Bonchev–Trinajstić information content (AvgIpc) is 2.38. The van der Waals surface area contributed by atoms with E-state index in [0.29, 0.717) is 0 Å². The lowest BCUT2D eigenvalue weighted by Gasteiger charge is -2.43. The zero-order valence-corrected chi connectivity index (χ0v) is 14.8. The van der Waals surface area contributed by atoms with Crippen LogP contribution in [0.25, 0.3) is 10.8 Å². The summed E-state index contributed by atoms with van der Waals surface area (Å²) in [4.78, 5) is 0. The molecule has 2 aromatic carbocycles. The minimum absolute atomic E-state index is 0.767. The lowest BCUT2D eigenvalue weighted by molar-refractivity contribution is 0.835. The Bertz CT molecular complexity index is 559. The van der Waals surface area contributed by atoms with Crippen LogP contribution >= 0.6 is 0 Å². The number of fused-ring (bicyclic) bond motifs is 1. The largest absolute Gasteiger partial charge is 0.0942 e. The van der Waals surface area contributed by atoms with Gasteiger partial charge in [-0.05, 0) is 27.4 Å². The van der Waals surface area contributed by atoms with Gasteiger partial charge in [-0.25, -0.2) is 0 Å². The van der Waals surface area contributed by atoms with E-state index in [-0.39, 0.29) is 0 Å². The van der Waals surface area contributed by atoms with Crippen LogP contribution in [0.3, 0.4) is 0 Å². The van der Waals surface area contributed by atoms with Gasteiger partial charge in [0.15, 0.2) is 0 Å². The standard InChI is InChI=1S/C19H28Si/c1-14(2)20(15(3)4,16(5)6)19-12-11-17-9-7-8-10-18(17)13-19/h7-16H,1-6H3. The van der Waals surface area contributed by atoms with E-state index in [1.54, 1.807) is 5.19 Å². The summed E-state index contributed by atoms with van der Waals surface area (Å²) < 4.78 is 0. The van der Waals surface area contributed by atoms with Crippen LogP contribution in [0.15, 0.2) is 42.5 Å². The molecule has 0 unspecified atom stereocenters. The molecule has 2 rings (SSSR count). The lowest BCUT2D eigenvalue weighted by atomic mass is 10.1. The Morgan fingerprint density at radius 1 is 0.650 bits per heavy atom. The van der Waals surface area contributed by atoms with Crippen molar-refractivity contribution in [3.05, 3.63) is 42.5 Å². The van der Waals surface area contributed by atoms with E-state index in [9.17, 15) is 0 Å². The van der Waals surface area contributed by atoms with Gasteiger partial charge >= 0.3 is 0 Å². The summed E-state index contributed by atoms with van der Waals surface area (Å²) >= 11 is 0. The molecule has 0 aliphatic rings. The maximum atomic E-state index is 2.47. The van der Waals surface area contributed by atoms with Gasteiger partial charge in [0, 0.05) is 0 Å². The van der Waals surface area contributed by atoms with Gasteiger partial charge in [0.25, 0.3) is 0 Å². The zero-order valence-electron chi connectivity index (χ0n) is 13.8. The van der Waals surface area contributed by atoms with E-state index in [0.717, 1.165) is 16.6 Å². The van der Waals surface area contributed by atoms with E-state index in [1.165, 1.54) is 10.8 Å². The van der Waals surface area contributed by atoms with E-state index in [2.05, 4.69) is 84.0 Å². The minimum Gasteiger partial charge on any atom is -0.0648 e. The SMILES string of the molecule is CC(C)[Si](c1ccc2ccccc2c1)(C(C)C)C(C)C. The van der Waals surface area contributed by atoms with Crippen molar-refractivity contribution in [1.82, 2.24) is 0 Å². The first-order valence-corrected chi connectivity index (χ1v) is 10.1. The maximum absolute atomic E-state index is 2.47. The van der Waals surface area contributed by atoms with Gasteiger partial charge in [-0.3, -0.25) is 0 Å².